The molecule has 1 unspecified atom stereocenters. The van der Waals surface area contributed by atoms with Gasteiger partial charge in [-0.05, 0) is 37.5 Å². The molecular formula is C15H19N3O2. The molecule has 1 atom stereocenters. The molecule has 1 aliphatic heterocycles. The zero-order valence-corrected chi connectivity index (χ0v) is 11.4. The van der Waals surface area contributed by atoms with E-state index in [0.717, 1.165) is 37.3 Å². The Morgan fingerprint density at radius 2 is 2.10 bits per heavy atom. The van der Waals surface area contributed by atoms with Crippen molar-refractivity contribution < 1.29 is 9.47 Å². The Morgan fingerprint density at radius 3 is 2.90 bits per heavy atom. The van der Waals surface area contributed by atoms with Crippen molar-refractivity contribution in [2.75, 3.05) is 13.2 Å². The third-order valence-corrected chi connectivity index (χ3v) is 3.44. The molecule has 3 heterocycles. The van der Waals surface area contributed by atoms with E-state index in [2.05, 4.69) is 10.1 Å². The molecule has 5 nitrogen and oxygen atoms in total. The van der Waals surface area contributed by atoms with Crippen molar-refractivity contribution in [2.45, 2.75) is 32.1 Å². The van der Waals surface area contributed by atoms with Crippen LogP contribution < -0.4 is 0 Å². The fourth-order valence-corrected chi connectivity index (χ4v) is 2.39. The van der Waals surface area contributed by atoms with E-state index in [-0.39, 0.29) is 6.29 Å². The average molecular weight is 273 g/mol. The first-order valence-corrected chi connectivity index (χ1v) is 7.09. The first-order valence-electron chi connectivity index (χ1n) is 7.09. The van der Waals surface area contributed by atoms with Crippen molar-refractivity contribution in [2.24, 2.45) is 0 Å². The van der Waals surface area contributed by atoms with Gasteiger partial charge < -0.3 is 9.47 Å². The van der Waals surface area contributed by atoms with Gasteiger partial charge in [-0.25, -0.2) is 0 Å². The summed E-state index contributed by atoms with van der Waals surface area (Å²) in [7, 11) is 0. The summed E-state index contributed by atoms with van der Waals surface area (Å²) in [4.78, 5) is 4.04. The van der Waals surface area contributed by atoms with Crippen LogP contribution in [0.5, 0.6) is 0 Å². The number of nitrogens with zero attached hydrogens (tertiary/aromatic N) is 3. The van der Waals surface area contributed by atoms with Crippen LogP contribution >= 0.6 is 0 Å². The first-order chi connectivity index (χ1) is 9.93. The predicted molar refractivity (Wildman–Crippen MR) is 75.0 cm³/mol. The fourth-order valence-electron chi connectivity index (χ4n) is 2.39. The average Bonchev–Trinajstić information content (AvgIpc) is 2.98. The molecule has 0 spiro atoms. The van der Waals surface area contributed by atoms with Gasteiger partial charge >= 0.3 is 0 Å². The Balaban J connectivity index is 1.57. The molecule has 0 radical (unpaired) electrons. The molecule has 2 aromatic rings. The number of aromatic nitrogens is 3. The molecule has 0 saturated carbocycles. The summed E-state index contributed by atoms with van der Waals surface area (Å²) in [6, 6.07) is 5.98. The minimum Gasteiger partial charge on any atom is -0.353 e. The molecule has 0 amide bonds. The Morgan fingerprint density at radius 1 is 1.20 bits per heavy atom. The largest absolute Gasteiger partial charge is 0.353 e. The third kappa shape index (κ3) is 3.23. The lowest BCUT2D eigenvalue weighted by atomic mass is 10.2. The van der Waals surface area contributed by atoms with Crippen LogP contribution in [0, 0.1) is 0 Å². The molecule has 5 heteroatoms. The maximum absolute atomic E-state index is 5.75. The van der Waals surface area contributed by atoms with Gasteiger partial charge in [-0.3, -0.25) is 9.67 Å². The van der Waals surface area contributed by atoms with E-state index >= 15 is 0 Å². The van der Waals surface area contributed by atoms with E-state index in [4.69, 9.17) is 9.47 Å². The predicted octanol–water partition coefficient (Wildman–Crippen LogP) is 2.49. The van der Waals surface area contributed by atoms with Crippen molar-refractivity contribution in [3.05, 3.63) is 36.8 Å². The molecule has 20 heavy (non-hydrogen) atoms. The van der Waals surface area contributed by atoms with Gasteiger partial charge in [0.25, 0.3) is 0 Å². The van der Waals surface area contributed by atoms with E-state index in [1.807, 2.05) is 29.1 Å². The van der Waals surface area contributed by atoms with Crippen LogP contribution in [0.3, 0.4) is 0 Å². The SMILES string of the molecule is c1cc(-c2ccnn2CCOC2CCCCO2)ccn1. The third-order valence-electron chi connectivity index (χ3n) is 3.44. The number of rotatable bonds is 5. The highest BCUT2D eigenvalue weighted by Gasteiger charge is 2.14. The highest BCUT2D eigenvalue weighted by atomic mass is 16.7. The lowest BCUT2D eigenvalue weighted by Crippen LogP contribution is -2.24. The molecule has 2 aromatic heterocycles. The molecule has 106 valence electrons. The fraction of sp³-hybridized carbons (Fsp3) is 0.467. The normalized spacial score (nSPS) is 19.1. The maximum atomic E-state index is 5.75. The van der Waals surface area contributed by atoms with Gasteiger partial charge in [-0.15, -0.1) is 0 Å². The van der Waals surface area contributed by atoms with Crippen LogP contribution in [0.2, 0.25) is 0 Å². The lowest BCUT2D eigenvalue weighted by Gasteiger charge is -2.22. The molecule has 0 aliphatic carbocycles. The van der Waals surface area contributed by atoms with E-state index in [0.29, 0.717) is 6.61 Å². The minimum atomic E-state index is -0.0383. The highest BCUT2D eigenvalue weighted by Crippen LogP contribution is 2.18. The van der Waals surface area contributed by atoms with Gasteiger partial charge in [0.1, 0.15) is 0 Å². The van der Waals surface area contributed by atoms with Crippen molar-refractivity contribution in [3.8, 4) is 11.3 Å². The van der Waals surface area contributed by atoms with Crippen LogP contribution in [0.1, 0.15) is 19.3 Å². The second-order valence-corrected chi connectivity index (χ2v) is 4.84. The summed E-state index contributed by atoms with van der Waals surface area (Å²) < 4.78 is 13.3. The highest BCUT2D eigenvalue weighted by molar-refractivity contribution is 5.58. The molecular weight excluding hydrogens is 254 g/mol. The van der Waals surface area contributed by atoms with Crippen molar-refractivity contribution >= 4 is 0 Å². The lowest BCUT2D eigenvalue weighted by molar-refractivity contribution is -0.163. The van der Waals surface area contributed by atoms with Crippen molar-refractivity contribution in [1.29, 1.82) is 0 Å². The van der Waals surface area contributed by atoms with Gasteiger partial charge in [0.2, 0.25) is 0 Å². The van der Waals surface area contributed by atoms with Gasteiger partial charge in [0, 0.05) is 30.8 Å². The molecule has 1 aliphatic rings. The van der Waals surface area contributed by atoms with E-state index in [1.165, 1.54) is 6.42 Å². The zero-order valence-electron chi connectivity index (χ0n) is 11.4. The standard InChI is InChI=1S/C15H19N3O2/c1-2-11-19-15(3-1)20-12-10-18-14(6-9-17-18)13-4-7-16-8-5-13/h4-9,15H,1-3,10-12H2. The van der Waals surface area contributed by atoms with Crippen LogP contribution in [-0.4, -0.2) is 34.3 Å². The maximum Gasteiger partial charge on any atom is 0.157 e. The Bertz CT molecular complexity index is 521. The smallest absolute Gasteiger partial charge is 0.157 e. The molecule has 1 saturated heterocycles. The summed E-state index contributed by atoms with van der Waals surface area (Å²) in [5.74, 6) is 0. The Kier molecular flexibility index (Phi) is 4.40. The van der Waals surface area contributed by atoms with E-state index in [9.17, 15) is 0 Å². The minimum absolute atomic E-state index is 0.0383. The summed E-state index contributed by atoms with van der Waals surface area (Å²) in [5, 5.41) is 4.35. The van der Waals surface area contributed by atoms with Crippen molar-refractivity contribution in [3.63, 3.8) is 0 Å². The quantitative estimate of drug-likeness (QED) is 0.839. The van der Waals surface area contributed by atoms with Crippen molar-refractivity contribution in [1.82, 2.24) is 14.8 Å². The van der Waals surface area contributed by atoms with E-state index < -0.39 is 0 Å². The number of ether oxygens (including phenoxy) is 2. The van der Waals surface area contributed by atoms with Gasteiger partial charge in [0.05, 0.1) is 18.8 Å². The van der Waals surface area contributed by atoms with E-state index in [1.54, 1.807) is 12.4 Å². The number of pyridine rings is 1. The monoisotopic (exact) mass is 273 g/mol. The Labute approximate surface area is 118 Å². The molecule has 0 bridgehead atoms. The summed E-state index contributed by atoms with van der Waals surface area (Å²) in [6.07, 6.45) is 8.69. The van der Waals surface area contributed by atoms with Crippen LogP contribution in [-0.2, 0) is 16.0 Å². The van der Waals surface area contributed by atoms with Gasteiger partial charge in [-0.1, -0.05) is 0 Å². The molecule has 0 N–H and O–H groups in total. The summed E-state index contributed by atoms with van der Waals surface area (Å²) in [6.45, 7) is 2.16. The number of hydrogen-bond acceptors (Lipinski definition) is 4. The summed E-state index contributed by atoms with van der Waals surface area (Å²) >= 11 is 0. The first kappa shape index (κ1) is 13.3. The van der Waals surface area contributed by atoms with Gasteiger partial charge in [-0.2, -0.15) is 5.10 Å². The van der Waals surface area contributed by atoms with Crippen LogP contribution in [0.25, 0.3) is 11.3 Å². The summed E-state index contributed by atoms with van der Waals surface area (Å²) in [5.41, 5.74) is 2.20. The second-order valence-electron chi connectivity index (χ2n) is 4.84. The Hall–Kier alpha value is -1.72. The van der Waals surface area contributed by atoms with Crippen LogP contribution in [0.4, 0.5) is 0 Å². The van der Waals surface area contributed by atoms with Crippen LogP contribution in [0.15, 0.2) is 36.8 Å². The number of hydrogen-bond donors (Lipinski definition) is 0. The molecule has 0 aromatic carbocycles. The second kappa shape index (κ2) is 6.63. The van der Waals surface area contributed by atoms with Gasteiger partial charge in [0.15, 0.2) is 6.29 Å². The zero-order chi connectivity index (χ0) is 13.6. The molecule has 1 fully saturated rings. The molecule has 3 rings (SSSR count). The topological polar surface area (TPSA) is 49.2 Å².